The Hall–Kier alpha value is -1.93. The van der Waals surface area contributed by atoms with Gasteiger partial charge in [0.1, 0.15) is 11.0 Å². The van der Waals surface area contributed by atoms with Gasteiger partial charge in [-0.15, -0.1) is 11.3 Å². The highest BCUT2D eigenvalue weighted by molar-refractivity contribution is 7.09. The van der Waals surface area contributed by atoms with Crippen LogP contribution in [0.15, 0.2) is 16.0 Å². The fourth-order valence-electron chi connectivity index (χ4n) is 2.34. The summed E-state index contributed by atoms with van der Waals surface area (Å²) in [7, 11) is 0. The first kappa shape index (κ1) is 15.0. The molecule has 2 aromatic heterocycles. The molecule has 0 aromatic carbocycles. The number of morpholine rings is 1. The highest BCUT2D eigenvalue weighted by atomic mass is 32.1. The Labute approximate surface area is 132 Å². The fourth-order valence-corrected chi connectivity index (χ4v) is 3.23. The molecule has 1 N–H and O–H groups in total. The minimum Gasteiger partial charge on any atom is -0.377 e. The summed E-state index contributed by atoms with van der Waals surface area (Å²) in [5.41, 5.74) is 1.76. The van der Waals surface area contributed by atoms with Crippen molar-refractivity contribution in [2.75, 3.05) is 19.8 Å². The maximum Gasteiger partial charge on any atom is 0.318 e. The van der Waals surface area contributed by atoms with Gasteiger partial charge in [-0.1, -0.05) is 5.16 Å². The monoisotopic (exact) mass is 322 g/mol. The van der Waals surface area contributed by atoms with Gasteiger partial charge >= 0.3 is 6.03 Å². The number of amides is 2. The largest absolute Gasteiger partial charge is 0.377 e. The van der Waals surface area contributed by atoms with Crippen molar-refractivity contribution in [2.24, 2.45) is 0 Å². The minimum atomic E-state index is -0.143. The summed E-state index contributed by atoms with van der Waals surface area (Å²) in [6.07, 6.45) is 0. The smallest absolute Gasteiger partial charge is 0.318 e. The van der Waals surface area contributed by atoms with Crippen LogP contribution in [0, 0.1) is 13.8 Å². The van der Waals surface area contributed by atoms with E-state index in [-0.39, 0.29) is 12.1 Å². The molecule has 1 atom stereocenters. The Kier molecular flexibility index (Phi) is 4.39. The van der Waals surface area contributed by atoms with Crippen molar-refractivity contribution >= 4 is 17.4 Å². The lowest BCUT2D eigenvalue weighted by atomic mass is 10.2. The van der Waals surface area contributed by atoms with Crippen LogP contribution in [0.2, 0.25) is 0 Å². The van der Waals surface area contributed by atoms with E-state index in [1.807, 2.05) is 19.2 Å². The van der Waals surface area contributed by atoms with Crippen LogP contribution in [0.1, 0.15) is 28.2 Å². The molecule has 0 saturated carbocycles. The van der Waals surface area contributed by atoms with Gasteiger partial charge in [-0.2, -0.15) is 0 Å². The van der Waals surface area contributed by atoms with Crippen LogP contribution in [0.3, 0.4) is 0 Å². The normalized spacial score (nSPS) is 18.5. The zero-order chi connectivity index (χ0) is 15.5. The number of aromatic nitrogens is 2. The number of carbonyl (C=O) groups is 1. The molecular formula is C14H18N4O3S. The van der Waals surface area contributed by atoms with Crippen LogP contribution in [-0.2, 0) is 11.3 Å². The van der Waals surface area contributed by atoms with Gasteiger partial charge in [0, 0.05) is 23.7 Å². The average molecular weight is 322 g/mol. The SMILES string of the molecule is Cc1cc(CNC(=O)N2CCOC[C@H]2c2nc(C)cs2)on1. The van der Waals surface area contributed by atoms with E-state index < -0.39 is 0 Å². The van der Waals surface area contributed by atoms with E-state index in [1.165, 1.54) is 0 Å². The first-order valence-electron chi connectivity index (χ1n) is 7.10. The third-order valence-corrected chi connectivity index (χ3v) is 4.47. The zero-order valence-electron chi connectivity index (χ0n) is 12.5. The summed E-state index contributed by atoms with van der Waals surface area (Å²) in [6, 6.07) is 1.53. The number of nitrogens with zero attached hydrogens (tertiary/aromatic N) is 3. The third kappa shape index (κ3) is 3.28. The standard InChI is InChI=1S/C14H18N4O3S/c1-9-5-11(21-17-9)6-15-14(19)18-3-4-20-7-12(18)13-16-10(2)8-22-13/h5,8,12H,3-4,6-7H2,1-2H3,(H,15,19)/t12-/m0/s1. The lowest BCUT2D eigenvalue weighted by molar-refractivity contribution is 0.0114. The van der Waals surface area contributed by atoms with E-state index in [1.54, 1.807) is 22.3 Å². The number of rotatable bonds is 3. The topological polar surface area (TPSA) is 80.5 Å². The minimum absolute atomic E-state index is 0.135. The van der Waals surface area contributed by atoms with Gasteiger partial charge in [0.05, 0.1) is 25.5 Å². The lowest BCUT2D eigenvalue weighted by Gasteiger charge is -2.34. The number of urea groups is 1. The maximum atomic E-state index is 12.4. The van der Waals surface area contributed by atoms with E-state index in [9.17, 15) is 4.79 Å². The Morgan fingerprint density at radius 1 is 1.50 bits per heavy atom. The van der Waals surface area contributed by atoms with Crippen LogP contribution < -0.4 is 5.32 Å². The maximum absolute atomic E-state index is 12.4. The third-order valence-electron chi connectivity index (χ3n) is 3.40. The van der Waals surface area contributed by atoms with E-state index in [0.717, 1.165) is 16.4 Å². The molecule has 0 spiro atoms. The summed E-state index contributed by atoms with van der Waals surface area (Å²) in [6.45, 7) is 5.67. The number of carbonyl (C=O) groups excluding carboxylic acids is 1. The summed E-state index contributed by atoms with van der Waals surface area (Å²) in [5.74, 6) is 0.640. The van der Waals surface area contributed by atoms with Gasteiger partial charge in [-0.25, -0.2) is 9.78 Å². The number of thiazole rings is 1. The summed E-state index contributed by atoms with van der Waals surface area (Å²) in [4.78, 5) is 18.7. The molecule has 0 bridgehead atoms. The Morgan fingerprint density at radius 2 is 2.36 bits per heavy atom. The summed E-state index contributed by atoms with van der Waals surface area (Å²) < 4.78 is 10.6. The van der Waals surface area contributed by atoms with Crippen LogP contribution in [-0.4, -0.2) is 40.8 Å². The van der Waals surface area contributed by atoms with Gasteiger partial charge < -0.3 is 19.5 Å². The van der Waals surface area contributed by atoms with Crippen molar-refractivity contribution in [1.29, 1.82) is 0 Å². The van der Waals surface area contributed by atoms with Crippen molar-refractivity contribution in [3.8, 4) is 0 Å². The Balaban J connectivity index is 1.66. The van der Waals surface area contributed by atoms with Crippen LogP contribution in [0.25, 0.3) is 0 Å². The molecule has 118 valence electrons. The molecule has 1 aliphatic heterocycles. The number of aryl methyl sites for hydroxylation is 2. The molecule has 2 amide bonds. The quantitative estimate of drug-likeness (QED) is 0.935. The Morgan fingerprint density at radius 3 is 3.05 bits per heavy atom. The number of hydrogen-bond donors (Lipinski definition) is 1. The summed E-state index contributed by atoms with van der Waals surface area (Å²) >= 11 is 1.55. The van der Waals surface area contributed by atoms with Crippen LogP contribution in [0.4, 0.5) is 4.79 Å². The van der Waals surface area contributed by atoms with E-state index >= 15 is 0 Å². The number of ether oxygens (including phenoxy) is 1. The predicted octanol–water partition coefficient (Wildman–Crippen LogP) is 2.03. The van der Waals surface area contributed by atoms with Crippen molar-refractivity contribution in [1.82, 2.24) is 20.4 Å². The molecule has 0 radical (unpaired) electrons. The van der Waals surface area contributed by atoms with E-state index in [2.05, 4.69) is 15.5 Å². The fraction of sp³-hybridized carbons (Fsp3) is 0.500. The van der Waals surface area contributed by atoms with Gasteiger partial charge in [0.15, 0.2) is 5.76 Å². The van der Waals surface area contributed by atoms with E-state index in [0.29, 0.717) is 32.1 Å². The van der Waals surface area contributed by atoms with Gasteiger partial charge in [0.25, 0.3) is 0 Å². The molecule has 3 heterocycles. The molecule has 22 heavy (non-hydrogen) atoms. The van der Waals surface area contributed by atoms with Gasteiger partial charge in [0.2, 0.25) is 0 Å². The number of hydrogen-bond acceptors (Lipinski definition) is 6. The zero-order valence-corrected chi connectivity index (χ0v) is 13.4. The van der Waals surface area contributed by atoms with Crippen molar-refractivity contribution in [2.45, 2.75) is 26.4 Å². The second kappa shape index (κ2) is 6.45. The average Bonchev–Trinajstić information content (AvgIpc) is 3.13. The molecule has 1 aliphatic rings. The Bertz CT molecular complexity index is 654. The molecule has 3 rings (SSSR count). The molecule has 0 aliphatic carbocycles. The second-order valence-corrected chi connectivity index (χ2v) is 6.09. The highest BCUT2D eigenvalue weighted by Gasteiger charge is 2.30. The molecule has 1 fully saturated rings. The van der Waals surface area contributed by atoms with Gasteiger partial charge in [-0.05, 0) is 13.8 Å². The first-order valence-corrected chi connectivity index (χ1v) is 7.98. The van der Waals surface area contributed by atoms with E-state index in [4.69, 9.17) is 9.26 Å². The predicted molar refractivity (Wildman–Crippen MR) is 80.6 cm³/mol. The number of nitrogens with one attached hydrogen (secondary N) is 1. The molecule has 1 saturated heterocycles. The second-order valence-electron chi connectivity index (χ2n) is 5.20. The molecular weight excluding hydrogens is 304 g/mol. The first-order chi connectivity index (χ1) is 10.6. The van der Waals surface area contributed by atoms with Crippen molar-refractivity contribution in [3.05, 3.63) is 33.6 Å². The summed E-state index contributed by atoms with van der Waals surface area (Å²) in [5, 5.41) is 9.56. The molecule has 2 aromatic rings. The molecule has 8 heteroatoms. The van der Waals surface area contributed by atoms with Gasteiger partial charge in [-0.3, -0.25) is 0 Å². The lowest BCUT2D eigenvalue weighted by Crippen LogP contribution is -2.47. The van der Waals surface area contributed by atoms with Crippen LogP contribution in [0.5, 0.6) is 0 Å². The molecule has 7 nitrogen and oxygen atoms in total. The molecule has 0 unspecified atom stereocenters. The highest BCUT2D eigenvalue weighted by Crippen LogP contribution is 2.26. The van der Waals surface area contributed by atoms with Crippen LogP contribution >= 0.6 is 11.3 Å². The van der Waals surface area contributed by atoms with Crippen molar-refractivity contribution in [3.63, 3.8) is 0 Å². The van der Waals surface area contributed by atoms with Crippen molar-refractivity contribution < 1.29 is 14.1 Å².